The number of thioether (sulfide) groups is 1. The standard InChI is InChI=1S/C13H12FN3O2S/c1-17-13(15-8-16-17)20-7-10-2-4-11(14)6-9(10)3-5-12(18)19/h2-6,8H,7H2,1H3,(H,18,19)/b5-3+. The highest BCUT2D eigenvalue weighted by atomic mass is 32.2. The Morgan fingerprint density at radius 2 is 2.35 bits per heavy atom. The van der Waals surface area contributed by atoms with Crippen molar-refractivity contribution in [3.05, 3.63) is 47.5 Å². The van der Waals surface area contributed by atoms with Crippen molar-refractivity contribution in [3.8, 4) is 0 Å². The summed E-state index contributed by atoms with van der Waals surface area (Å²) in [7, 11) is 1.78. The van der Waals surface area contributed by atoms with Crippen molar-refractivity contribution in [3.63, 3.8) is 0 Å². The molecule has 0 amide bonds. The van der Waals surface area contributed by atoms with E-state index in [0.29, 0.717) is 11.3 Å². The van der Waals surface area contributed by atoms with Crippen molar-refractivity contribution in [2.45, 2.75) is 10.9 Å². The Labute approximate surface area is 119 Å². The van der Waals surface area contributed by atoms with Crippen LogP contribution >= 0.6 is 11.8 Å². The molecule has 2 aromatic rings. The van der Waals surface area contributed by atoms with Crippen LogP contribution in [0.3, 0.4) is 0 Å². The average molecular weight is 293 g/mol. The van der Waals surface area contributed by atoms with Crippen molar-refractivity contribution in [2.75, 3.05) is 0 Å². The summed E-state index contributed by atoms with van der Waals surface area (Å²) < 4.78 is 14.9. The maximum atomic E-state index is 13.2. The van der Waals surface area contributed by atoms with Crippen LogP contribution in [-0.2, 0) is 17.6 Å². The lowest BCUT2D eigenvalue weighted by Crippen LogP contribution is -1.95. The number of halogens is 1. The van der Waals surface area contributed by atoms with Gasteiger partial charge in [-0.25, -0.2) is 18.9 Å². The van der Waals surface area contributed by atoms with Crippen LogP contribution in [0.4, 0.5) is 4.39 Å². The van der Waals surface area contributed by atoms with Crippen LogP contribution in [0.5, 0.6) is 0 Å². The summed E-state index contributed by atoms with van der Waals surface area (Å²) in [6.45, 7) is 0. The molecule has 0 aliphatic rings. The fourth-order valence-corrected chi connectivity index (χ4v) is 2.48. The minimum atomic E-state index is -1.07. The summed E-state index contributed by atoms with van der Waals surface area (Å²) in [5, 5.41) is 13.3. The number of carbonyl (C=O) groups is 1. The van der Waals surface area contributed by atoms with Crippen molar-refractivity contribution < 1.29 is 14.3 Å². The third-order valence-corrected chi connectivity index (χ3v) is 3.62. The molecule has 7 heteroatoms. The number of aromatic nitrogens is 3. The van der Waals surface area contributed by atoms with Gasteiger partial charge >= 0.3 is 5.97 Å². The number of aryl methyl sites for hydroxylation is 1. The molecule has 20 heavy (non-hydrogen) atoms. The molecule has 0 radical (unpaired) electrons. The van der Waals surface area contributed by atoms with E-state index >= 15 is 0 Å². The molecule has 0 fully saturated rings. The van der Waals surface area contributed by atoms with Gasteiger partial charge < -0.3 is 5.11 Å². The van der Waals surface area contributed by atoms with Gasteiger partial charge in [-0.05, 0) is 29.3 Å². The molecular weight excluding hydrogens is 281 g/mol. The smallest absolute Gasteiger partial charge is 0.328 e. The second-order valence-corrected chi connectivity index (χ2v) is 4.91. The zero-order valence-electron chi connectivity index (χ0n) is 10.7. The number of hydrogen-bond acceptors (Lipinski definition) is 4. The van der Waals surface area contributed by atoms with Crippen LogP contribution in [0.15, 0.2) is 35.8 Å². The van der Waals surface area contributed by atoms with Crippen LogP contribution in [0.1, 0.15) is 11.1 Å². The van der Waals surface area contributed by atoms with E-state index in [1.807, 2.05) is 0 Å². The molecule has 0 saturated heterocycles. The summed E-state index contributed by atoms with van der Waals surface area (Å²) in [6, 6.07) is 4.30. The lowest BCUT2D eigenvalue weighted by Gasteiger charge is -2.06. The number of aliphatic carboxylic acids is 1. The summed E-state index contributed by atoms with van der Waals surface area (Å²) in [4.78, 5) is 14.6. The molecular formula is C13H12FN3O2S. The molecule has 0 unspecified atom stereocenters. The number of rotatable bonds is 5. The largest absolute Gasteiger partial charge is 0.478 e. The molecule has 0 spiro atoms. The molecule has 1 heterocycles. The molecule has 0 atom stereocenters. The van der Waals surface area contributed by atoms with Crippen molar-refractivity contribution in [2.24, 2.45) is 7.05 Å². The Morgan fingerprint density at radius 3 is 3.00 bits per heavy atom. The molecule has 104 valence electrons. The third-order valence-electron chi connectivity index (χ3n) is 2.54. The lowest BCUT2D eigenvalue weighted by molar-refractivity contribution is -0.131. The van der Waals surface area contributed by atoms with Crippen LogP contribution < -0.4 is 0 Å². The first-order valence-corrected chi connectivity index (χ1v) is 6.71. The summed E-state index contributed by atoms with van der Waals surface area (Å²) in [6.07, 6.45) is 3.83. The molecule has 0 aliphatic heterocycles. The van der Waals surface area contributed by atoms with E-state index in [9.17, 15) is 9.18 Å². The highest BCUT2D eigenvalue weighted by Crippen LogP contribution is 2.23. The Bertz CT molecular complexity index is 655. The normalized spacial score (nSPS) is 11.1. The van der Waals surface area contributed by atoms with E-state index < -0.39 is 11.8 Å². The van der Waals surface area contributed by atoms with E-state index in [2.05, 4.69) is 10.1 Å². The molecule has 0 aliphatic carbocycles. The molecule has 1 aromatic carbocycles. The summed E-state index contributed by atoms with van der Waals surface area (Å²) in [5.41, 5.74) is 1.37. The van der Waals surface area contributed by atoms with Gasteiger partial charge in [-0.3, -0.25) is 0 Å². The lowest BCUT2D eigenvalue weighted by atomic mass is 10.1. The minimum Gasteiger partial charge on any atom is -0.478 e. The van der Waals surface area contributed by atoms with Crippen LogP contribution in [0.2, 0.25) is 0 Å². The maximum Gasteiger partial charge on any atom is 0.328 e. The van der Waals surface area contributed by atoms with E-state index in [1.54, 1.807) is 17.8 Å². The van der Waals surface area contributed by atoms with Gasteiger partial charge in [-0.2, -0.15) is 5.10 Å². The quantitative estimate of drug-likeness (QED) is 0.677. The molecule has 0 bridgehead atoms. The van der Waals surface area contributed by atoms with E-state index in [1.165, 1.54) is 36.3 Å². The Morgan fingerprint density at radius 1 is 1.55 bits per heavy atom. The molecule has 1 N–H and O–H groups in total. The topological polar surface area (TPSA) is 68.0 Å². The number of carboxylic acid groups (broad SMARTS) is 1. The Kier molecular flexibility index (Phi) is 4.52. The van der Waals surface area contributed by atoms with Gasteiger partial charge in [-0.15, -0.1) is 0 Å². The van der Waals surface area contributed by atoms with Crippen LogP contribution in [-0.4, -0.2) is 25.8 Å². The molecule has 0 saturated carbocycles. The van der Waals surface area contributed by atoms with E-state index in [0.717, 1.165) is 16.8 Å². The first-order valence-electron chi connectivity index (χ1n) is 5.72. The first-order chi connectivity index (χ1) is 9.56. The average Bonchev–Trinajstić information content (AvgIpc) is 2.81. The zero-order chi connectivity index (χ0) is 14.5. The van der Waals surface area contributed by atoms with Crippen molar-refractivity contribution >= 4 is 23.8 Å². The van der Waals surface area contributed by atoms with Gasteiger partial charge in [0.15, 0.2) is 5.16 Å². The van der Waals surface area contributed by atoms with Crippen molar-refractivity contribution in [1.82, 2.24) is 14.8 Å². The fraction of sp³-hybridized carbons (Fsp3) is 0.154. The van der Waals surface area contributed by atoms with Gasteiger partial charge in [0.05, 0.1) is 0 Å². The van der Waals surface area contributed by atoms with Gasteiger partial charge in [-0.1, -0.05) is 17.8 Å². The summed E-state index contributed by atoms with van der Waals surface area (Å²) >= 11 is 1.45. The molecule has 5 nitrogen and oxygen atoms in total. The fourth-order valence-electron chi connectivity index (χ4n) is 1.57. The minimum absolute atomic E-state index is 0.401. The van der Waals surface area contributed by atoms with E-state index in [-0.39, 0.29) is 0 Å². The van der Waals surface area contributed by atoms with Gasteiger partial charge in [0, 0.05) is 18.9 Å². The van der Waals surface area contributed by atoms with Crippen LogP contribution in [0, 0.1) is 5.82 Å². The number of nitrogens with zero attached hydrogens (tertiary/aromatic N) is 3. The highest BCUT2D eigenvalue weighted by molar-refractivity contribution is 7.98. The molecule has 1 aromatic heterocycles. The monoisotopic (exact) mass is 293 g/mol. The SMILES string of the molecule is Cn1ncnc1SCc1ccc(F)cc1/C=C/C(=O)O. The van der Waals surface area contributed by atoms with Gasteiger partial charge in [0.25, 0.3) is 0 Å². The second kappa shape index (κ2) is 6.33. The number of benzene rings is 1. The third kappa shape index (κ3) is 3.67. The summed E-state index contributed by atoms with van der Waals surface area (Å²) in [5.74, 6) is -0.921. The Hall–Kier alpha value is -2.15. The predicted molar refractivity (Wildman–Crippen MR) is 73.6 cm³/mol. The predicted octanol–water partition coefficient (Wildman–Crippen LogP) is 2.34. The van der Waals surface area contributed by atoms with Gasteiger partial charge in [0.2, 0.25) is 0 Å². The maximum absolute atomic E-state index is 13.2. The van der Waals surface area contributed by atoms with E-state index in [4.69, 9.17) is 5.11 Å². The zero-order valence-corrected chi connectivity index (χ0v) is 11.5. The number of hydrogen-bond donors (Lipinski definition) is 1. The highest BCUT2D eigenvalue weighted by Gasteiger charge is 2.06. The van der Waals surface area contributed by atoms with Crippen LogP contribution in [0.25, 0.3) is 6.08 Å². The number of carboxylic acids is 1. The Balaban J connectivity index is 2.18. The molecule has 2 rings (SSSR count). The second-order valence-electron chi connectivity index (χ2n) is 3.97. The van der Waals surface area contributed by atoms with Gasteiger partial charge in [0.1, 0.15) is 12.1 Å². The first kappa shape index (κ1) is 14.3. The van der Waals surface area contributed by atoms with Crippen molar-refractivity contribution in [1.29, 1.82) is 0 Å².